The lowest BCUT2D eigenvalue weighted by atomic mass is 9.96. The van der Waals surface area contributed by atoms with E-state index >= 15 is 0 Å². The molecule has 0 aliphatic heterocycles. The van der Waals surface area contributed by atoms with E-state index in [0.717, 1.165) is 28.5 Å². The summed E-state index contributed by atoms with van der Waals surface area (Å²) < 4.78 is 55.5. The predicted octanol–water partition coefficient (Wildman–Crippen LogP) is 6.05. The first-order chi connectivity index (χ1) is 14.4. The number of nitrogens with zero attached hydrogens (tertiary/aromatic N) is 1. The van der Waals surface area contributed by atoms with Crippen molar-refractivity contribution in [3.63, 3.8) is 0 Å². The number of thiocarbonyl (C=S) groups is 1. The van der Waals surface area contributed by atoms with Crippen LogP contribution in [0.1, 0.15) is 46.1 Å². The van der Waals surface area contributed by atoms with Crippen LogP contribution in [-0.4, -0.2) is 32.1 Å². The molecule has 2 N–H and O–H groups in total. The van der Waals surface area contributed by atoms with Gasteiger partial charge in [-0.25, -0.2) is 13.4 Å². The van der Waals surface area contributed by atoms with Crippen molar-refractivity contribution in [2.45, 2.75) is 51.6 Å². The Morgan fingerprint density at radius 2 is 1.74 bits per heavy atom. The Kier molecular flexibility index (Phi) is 12.3. The Hall–Kier alpha value is -2.26. The van der Waals surface area contributed by atoms with Crippen molar-refractivity contribution < 1.29 is 21.6 Å². The minimum Gasteiger partial charge on any atom is -0.390 e. The molecular weight excluding hydrogens is 445 g/mol. The number of allylic oxidation sites excluding steroid dienone is 5. The first-order valence-corrected chi connectivity index (χ1v) is 11.9. The summed E-state index contributed by atoms with van der Waals surface area (Å²) in [6, 6.07) is 6.71. The minimum absolute atomic E-state index is 0.285. The normalized spacial score (nSPS) is 14.7. The zero-order chi connectivity index (χ0) is 24.2. The molecule has 9 heteroatoms. The Labute approximate surface area is 188 Å². The molecule has 0 saturated carbocycles. The molecule has 0 aromatic heterocycles. The number of aliphatic imine (C=N–C) groups is 1. The van der Waals surface area contributed by atoms with E-state index in [1.807, 2.05) is 39.0 Å². The van der Waals surface area contributed by atoms with Crippen molar-refractivity contribution in [1.29, 1.82) is 0 Å². The first kappa shape index (κ1) is 28.7. The lowest BCUT2D eigenvalue weighted by Crippen LogP contribution is -2.06. The van der Waals surface area contributed by atoms with Gasteiger partial charge in [-0.05, 0) is 30.2 Å². The molecule has 1 aliphatic carbocycles. The van der Waals surface area contributed by atoms with E-state index in [1.54, 1.807) is 24.3 Å². The molecule has 0 spiro atoms. The molecular formula is C22H29F3N2O2S2. The van der Waals surface area contributed by atoms with Crippen LogP contribution in [0.25, 0.3) is 5.57 Å². The number of alkyl halides is 3. The van der Waals surface area contributed by atoms with Crippen molar-refractivity contribution in [2.75, 3.05) is 6.26 Å². The smallest absolute Gasteiger partial charge is 0.388 e. The molecule has 0 bridgehead atoms. The average Bonchev–Trinajstić information content (AvgIpc) is 2.73. The van der Waals surface area contributed by atoms with Gasteiger partial charge >= 0.3 is 6.18 Å². The highest BCUT2D eigenvalue weighted by atomic mass is 32.2. The number of sulfone groups is 1. The van der Waals surface area contributed by atoms with Crippen LogP contribution in [0, 0.1) is 0 Å². The monoisotopic (exact) mass is 474 g/mol. The van der Waals surface area contributed by atoms with Crippen LogP contribution in [0.15, 0.2) is 63.7 Å². The van der Waals surface area contributed by atoms with Gasteiger partial charge in [0.1, 0.15) is 0 Å². The summed E-state index contributed by atoms with van der Waals surface area (Å²) in [7, 11) is -3.21. The maximum Gasteiger partial charge on any atom is 0.388 e. The fourth-order valence-electron chi connectivity index (χ4n) is 2.28. The van der Waals surface area contributed by atoms with Crippen molar-refractivity contribution in [2.24, 2.45) is 10.7 Å². The Bertz CT molecular complexity index is 957. The highest BCUT2D eigenvalue weighted by molar-refractivity contribution is 7.90. The minimum atomic E-state index is -3.96. The van der Waals surface area contributed by atoms with Gasteiger partial charge in [0, 0.05) is 29.5 Å². The second-order valence-corrected chi connectivity index (χ2v) is 8.66. The van der Waals surface area contributed by atoms with Crippen molar-refractivity contribution in [3.05, 3.63) is 59.3 Å². The van der Waals surface area contributed by atoms with E-state index in [2.05, 4.69) is 4.99 Å². The molecule has 1 aromatic rings. The lowest BCUT2D eigenvalue weighted by molar-refractivity contribution is -0.130. The van der Waals surface area contributed by atoms with E-state index < -0.39 is 22.4 Å². The summed E-state index contributed by atoms with van der Waals surface area (Å²) in [5.41, 5.74) is 8.81. The molecule has 0 saturated heterocycles. The summed E-state index contributed by atoms with van der Waals surface area (Å²) in [5, 5.41) is 0. The molecule has 31 heavy (non-hydrogen) atoms. The van der Waals surface area contributed by atoms with Gasteiger partial charge in [-0.15, -0.1) is 0 Å². The molecule has 4 nitrogen and oxygen atoms in total. The van der Waals surface area contributed by atoms with Crippen LogP contribution in [0.2, 0.25) is 0 Å². The van der Waals surface area contributed by atoms with Gasteiger partial charge in [-0.3, -0.25) is 0 Å². The molecule has 0 unspecified atom stereocenters. The molecule has 172 valence electrons. The first-order valence-electron chi connectivity index (χ1n) is 9.63. The Morgan fingerprint density at radius 3 is 2.13 bits per heavy atom. The second kappa shape index (κ2) is 13.2. The van der Waals surface area contributed by atoms with Gasteiger partial charge in [0.05, 0.1) is 16.9 Å². The molecule has 2 rings (SSSR count). The summed E-state index contributed by atoms with van der Waals surface area (Å²) in [5.74, 6) is 0. The highest BCUT2D eigenvalue weighted by Gasteiger charge is 2.22. The number of benzene rings is 1. The molecule has 0 amide bonds. The Balaban J connectivity index is 0.000000970. The van der Waals surface area contributed by atoms with Gasteiger partial charge in [-0.1, -0.05) is 63.3 Å². The number of hydrogen-bond acceptors (Lipinski definition) is 4. The predicted molar refractivity (Wildman–Crippen MR) is 127 cm³/mol. The van der Waals surface area contributed by atoms with Gasteiger partial charge in [0.25, 0.3) is 0 Å². The number of nitrogens with two attached hydrogens (primary N) is 1. The SMILES string of the molecule is C/C(=C(\N=CN)C1=CC=CCC1=S)c1ccc(S(C)(=O)=O)cc1.CC.CCC(F)(F)F. The number of halogens is 3. The largest absolute Gasteiger partial charge is 0.390 e. The maximum atomic E-state index is 11.6. The summed E-state index contributed by atoms with van der Waals surface area (Å²) >= 11 is 5.41. The Morgan fingerprint density at radius 1 is 1.23 bits per heavy atom. The van der Waals surface area contributed by atoms with Gasteiger partial charge in [0.2, 0.25) is 0 Å². The third-order valence-electron chi connectivity index (χ3n) is 3.93. The fraction of sp³-hybridized carbons (Fsp3) is 0.364. The second-order valence-electron chi connectivity index (χ2n) is 6.15. The van der Waals surface area contributed by atoms with Crippen LogP contribution in [0.4, 0.5) is 13.2 Å². The van der Waals surface area contributed by atoms with Crippen LogP contribution >= 0.6 is 12.2 Å². The van der Waals surface area contributed by atoms with Gasteiger partial charge in [0.15, 0.2) is 9.84 Å². The third kappa shape index (κ3) is 10.1. The molecule has 0 fully saturated rings. The van der Waals surface area contributed by atoms with Crippen LogP contribution < -0.4 is 5.73 Å². The fourth-order valence-corrected chi connectivity index (χ4v) is 3.18. The number of hydrogen-bond donors (Lipinski definition) is 1. The van der Waals surface area contributed by atoms with Crippen molar-refractivity contribution in [3.8, 4) is 0 Å². The van der Waals surface area contributed by atoms with Crippen LogP contribution in [0.5, 0.6) is 0 Å². The van der Waals surface area contributed by atoms with Gasteiger partial charge < -0.3 is 5.73 Å². The third-order valence-corrected chi connectivity index (χ3v) is 5.45. The highest BCUT2D eigenvalue weighted by Crippen LogP contribution is 2.28. The molecule has 0 heterocycles. The topological polar surface area (TPSA) is 72.5 Å². The van der Waals surface area contributed by atoms with E-state index in [-0.39, 0.29) is 4.90 Å². The lowest BCUT2D eigenvalue weighted by Gasteiger charge is -2.15. The summed E-state index contributed by atoms with van der Waals surface area (Å²) in [6.45, 7) is 7.00. The molecule has 1 aromatic carbocycles. The van der Waals surface area contributed by atoms with Crippen molar-refractivity contribution in [1.82, 2.24) is 0 Å². The summed E-state index contributed by atoms with van der Waals surface area (Å²) in [4.78, 5) is 5.36. The number of rotatable bonds is 4. The quantitative estimate of drug-likeness (QED) is 0.328. The van der Waals surface area contributed by atoms with Crippen LogP contribution in [-0.2, 0) is 9.84 Å². The van der Waals surface area contributed by atoms with E-state index in [9.17, 15) is 21.6 Å². The zero-order valence-electron chi connectivity index (χ0n) is 18.3. The van der Waals surface area contributed by atoms with E-state index in [0.29, 0.717) is 12.1 Å². The van der Waals surface area contributed by atoms with Crippen molar-refractivity contribution >= 4 is 38.8 Å². The van der Waals surface area contributed by atoms with Crippen LogP contribution in [0.3, 0.4) is 0 Å². The van der Waals surface area contributed by atoms with Gasteiger partial charge in [-0.2, -0.15) is 13.2 Å². The van der Waals surface area contributed by atoms with E-state index in [1.165, 1.54) is 12.6 Å². The van der Waals surface area contributed by atoms with E-state index in [4.69, 9.17) is 18.0 Å². The summed E-state index contributed by atoms with van der Waals surface area (Å²) in [6.07, 6.45) is 4.29. The average molecular weight is 475 g/mol. The zero-order valence-corrected chi connectivity index (χ0v) is 20.0. The molecule has 0 radical (unpaired) electrons. The molecule has 1 aliphatic rings. The molecule has 0 atom stereocenters. The standard InChI is InChI=1S/C17H18N2O2S2.C3H5F3.C2H6/c1-12(13-7-9-14(10-8-13)23(2,20)21)17(19-11-18)15-5-3-4-6-16(15)22;1-2-3(4,5)6;1-2/h3-5,7-11H,6H2,1-2H3,(H2,18,19);2H2,1H3;1-2H3/b17-12+;;. The maximum absolute atomic E-state index is 11.6.